The lowest BCUT2D eigenvalue weighted by Gasteiger charge is -2.36. The summed E-state index contributed by atoms with van der Waals surface area (Å²) in [7, 11) is -0.262. The highest BCUT2D eigenvalue weighted by Crippen LogP contribution is 2.37. The topological polar surface area (TPSA) is 44.8 Å². The third-order valence-electron chi connectivity index (χ3n) is 4.85. The number of hydrogen-bond donors (Lipinski definition) is 0. The van der Waals surface area contributed by atoms with Crippen LogP contribution >= 0.6 is 0 Å². The van der Waals surface area contributed by atoms with E-state index in [-0.39, 0.29) is 5.04 Å². The van der Waals surface area contributed by atoms with Gasteiger partial charge in [0.1, 0.15) is 0 Å². The lowest BCUT2D eigenvalue weighted by atomic mass is 10.2. The van der Waals surface area contributed by atoms with Gasteiger partial charge in [-0.25, -0.2) is 4.79 Å². The van der Waals surface area contributed by atoms with Crippen molar-refractivity contribution in [3.63, 3.8) is 0 Å². The van der Waals surface area contributed by atoms with Gasteiger partial charge in [-0.1, -0.05) is 45.0 Å². The monoisotopic (exact) mass is 372 g/mol. The Hall–Kier alpha value is -2.11. The van der Waals surface area contributed by atoms with E-state index in [2.05, 4.69) is 33.9 Å². The van der Waals surface area contributed by atoms with Crippen LogP contribution in [0.25, 0.3) is 0 Å². The Balaban J connectivity index is 2.11. The van der Waals surface area contributed by atoms with Gasteiger partial charge in [0.05, 0.1) is 19.3 Å². The molecular weight excluding hydrogens is 344 g/mol. The Bertz CT molecular complexity index is 748. The van der Waals surface area contributed by atoms with Crippen LogP contribution in [0.2, 0.25) is 18.1 Å². The van der Waals surface area contributed by atoms with Crippen LogP contribution in [0.1, 0.15) is 36.7 Å². The molecule has 26 heavy (non-hydrogen) atoms. The predicted molar refractivity (Wildman–Crippen MR) is 106 cm³/mol. The summed E-state index contributed by atoms with van der Waals surface area (Å²) in [5, 5.41) is 0.155. The summed E-state index contributed by atoms with van der Waals surface area (Å²) in [6.45, 7) is 11.6. The third kappa shape index (κ3) is 4.96. The summed E-state index contributed by atoms with van der Waals surface area (Å²) in [5.41, 5.74) is 1.49. The van der Waals surface area contributed by atoms with Gasteiger partial charge in [-0.2, -0.15) is 0 Å². The maximum Gasteiger partial charge on any atom is 0.343 e. The molecule has 0 atom stereocenters. The van der Waals surface area contributed by atoms with E-state index in [0.29, 0.717) is 23.7 Å². The highest BCUT2D eigenvalue weighted by atomic mass is 28.4. The first kappa shape index (κ1) is 20.2. The van der Waals surface area contributed by atoms with Crippen LogP contribution in [-0.4, -0.2) is 21.4 Å². The second kappa shape index (κ2) is 8.06. The van der Waals surface area contributed by atoms with Crippen molar-refractivity contribution in [3.8, 4) is 11.5 Å². The van der Waals surface area contributed by atoms with Gasteiger partial charge >= 0.3 is 5.97 Å². The van der Waals surface area contributed by atoms with Crippen LogP contribution in [0, 0.1) is 0 Å². The SMILES string of the molecule is COc1cc(CO[Si](C)(C)C(C)(C)C)ccc1OC(=O)c1ccccc1. The summed E-state index contributed by atoms with van der Waals surface area (Å²) in [4.78, 5) is 12.2. The molecule has 0 aliphatic heterocycles. The van der Waals surface area contributed by atoms with Gasteiger partial charge < -0.3 is 13.9 Å². The minimum Gasteiger partial charge on any atom is -0.493 e. The summed E-state index contributed by atoms with van der Waals surface area (Å²) < 4.78 is 17.1. The minimum absolute atomic E-state index is 0.155. The first-order valence-electron chi connectivity index (χ1n) is 8.72. The van der Waals surface area contributed by atoms with E-state index in [1.54, 1.807) is 37.4 Å². The standard InChI is InChI=1S/C21H28O4Si/c1-21(2,3)26(5,6)24-15-16-12-13-18(19(14-16)23-4)25-20(22)17-10-8-7-9-11-17/h7-14H,15H2,1-6H3. The molecule has 0 fully saturated rings. The van der Waals surface area contributed by atoms with Crippen molar-refractivity contribution in [2.45, 2.75) is 45.5 Å². The largest absolute Gasteiger partial charge is 0.493 e. The molecule has 2 rings (SSSR count). The molecule has 0 aliphatic carbocycles. The molecule has 2 aromatic rings. The highest BCUT2D eigenvalue weighted by molar-refractivity contribution is 6.74. The molecule has 140 valence electrons. The zero-order valence-electron chi connectivity index (χ0n) is 16.5. The summed E-state index contributed by atoms with van der Waals surface area (Å²) in [6, 6.07) is 14.4. The Morgan fingerprint density at radius 2 is 1.65 bits per heavy atom. The van der Waals surface area contributed by atoms with Crippen LogP contribution < -0.4 is 9.47 Å². The van der Waals surface area contributed by atoms with Crippen molar-refractivity contribution < 1.29 is 18.7 Å². The molecule has 0 saturated heterocycles. The molecule has 0 aliphatic rings. The molecule has 0 spiro atoms. The molecular formula is C21H28O4Si. The van der Waals surface area contributed by atoms with Crippen molar-refractivity contribution in [1.82, 2.24) is 0 Å². The van der Waals surface area contributed by atoms with Gasteiger partial charge in [-0.3, -0.25) is 0 Å². The number of rotatable bonds is 6. The van der Waals surface area contributed by atoms with Crippen molar-refractivity contribution in [2.24, 2.45) is 0 Å². The molecule has 4 nitrogen and oxygen atoms in total. The van der Waals surface area contributed by atoms with Gasteiger partial charge in [0, 0.05) is 0 Å². The second-order valence-electron chi connectivity index (χ2n) is 7.79. The summed E-state index contributed by atoms with van der Waals surface area (Å²) >= 11 is 0. The molecule has 0 amide bonds. The van der Waals surface area contributed by atoms with E-state index < -0.39 is 14.3 Å². The van der Waals surface area contributed by atoms with Crippen molar-refractivity contribution in [2.75, 3.05) is 7.11 Å². The van der Waals surface area contributed by atoms with Crippen LogP contribution in [-0.2, 0) is 11.0 Å². The Labute approximate surface area is 157 Å². The molecule has 0 N–H and O–H groups in total. The maximum absolute atomic E-state index is 12.2. The fourth-order valence-corrected chi connectivity index (χ4v) is 3.06. The normalized spacial score (nSPS) is 11.9. The van der Waals surface area contributed by atoms with Crippen LogP contribution in [0.5, 0.6) is 11.5 Å². The number of hydrogen-bond acceptors (Lipinski definition) is 4. The molecule has 0 unspecified atom stereocenters. The fourth-order valence-electron chi connectivity index (χ4n) is 2.10. The predicted octanol–water partition coefficient (Wildman–Crippen LogP) is 5.44. The van der Waals surface area contributed by atoms with Crippen LogP contribution in [0.3, 0.4) is 0 Å². The lowest BCUT2D eigenvalue weighted by Crippen LogP contribution is -2.40. The smallest absolute Gasteiger partial charge is 0.343 e. The number of benzene rings is 2. The van der Waals surface area contributed by atoms with Gasteiger partial charge in [-0.15, -0.1) is 0 Å². The van der Waals surface area contributed by atoms with E-state index in [1.165, 1.54) is 0 Å². The minimum atomic E-state index is -1.83. The number of carbonyl (C=O) groups is 1. The molecule has 0 aromatic heterocycles. The first-order valence-corrected chi connectivity index (χ1v) is 11.6. The maximum atomic E-state index is 12.2. The molecule has 0 radical (unpaired) electrons. The number of ether oxygens (including phenoxy) is 2. The average molecular weight is 373 g/mol. The summed E-state index contributed by atoms with van der Waals surface area (Å²) in [6.07, 6.45) is 0. The molecule has 5 heteroatoms. The van der Waals surface area contributed by atoms with Crippen LogP contribution in [0.4, 0.5) is 0 Å². The van der Waals surface area contributed by atoms with Gasteiger partial charge in [0.2, 0.25) is 0 Å². The van der Waals surface area contributed by atoms with E-state index in [4.69, 9.17) is 13.9 Å². The second-order valence-corrected chi connectivity index (χ2v) is 12.6. The Morgan fingerprint density at radius 1 is 1.00 bits per heavy atom. The molecule has 0 heterocycles. The molecule has 0 bridgehead atoms. The van der Waals surface area contributed by atoms with E-state index >= 15 is 0 Å². The number of methoxy groups -OCH3 is 1. The zero-order chi connectivity index (χ0) is 19.4. The van der Waals surface area contributed by atoms with E-state index in [0.717, 1.165) is 5.56 Å². The van der Waals surface area contributed by atoms with Crippen molar-refractivity contribution >= 4 is 14.3 Å². The van der Waals surface area contributed by atoms with Gasteiger partial charge in [-0.05, 0) is 48.0 Å². The van der Waals surface area contributed by atoms with Crippen molar-refractivity contribution in [1.29, 1.82) is 0 Å². The fraction of sp³-hybridized carbons (Fsp3) is 0.381. The lowest BCUT2D eigenvalue weighted by molar-refractivity contribution is 0.0729. The quantitative estimate of drug-likeness (QED) is 0.385. The average Bonchev–Trinajstić information content (AvgIpc) is 2.60. The first-order chi connectivity index (χ1) is 12.1. The van der Waals surface area contributed by atoms with Crippen molar-refractivity contribution in [3.05, 3.63) is 59.7 Å². The van der Waals surface area contributed by atoms with E-state index in [9.17, 15) is 4.79 Å². The van der Waals surface area contributed by atoms with Crippen LogP contribution in [0.15, 0.2) is 48.5 Å². The Kier molecular flexibility index (Phi) is 6.26. The van der Waals surface area contributed by atoms with Gasteiger partial charge in [0.25, 0.3) is 0 Å². The Morgan fingerprint density at radius 3 is 2.23 bits per heavy atom. The molecule has 0 saturated carbocycles. The zero-order valence-corrected chi connectivity index (χ0v) is 17.5. The van der Waals surface area contributed by atoms with Gasteiger partial charge in [0.15, 0.2) is 19.8 Å². The van der Waals surface area contributed by atoms with E-state index in [1.807, 2.05) is 18.2 Å². The number of esters is 1. The molecule has 2 aromatic carbocycles. The number of carbonyl (C=O) groups excluding carboxylic acids is 1. The third-order valence-corrected chi connectivity index (χ3v) is 9.32. The summed E-state index contributed by atoms with van der Waals surface area (Å²) in [5.74, 6) is 0.511. The highest BCUT2D eigenvalue weighted by Gasteiger charge is 2.37.